The summed E-state index contributed by atoms with van der Waals surface area (Å²) < 4.78 is 6.66. The lowest BCUT2D eigenvalue weighted by Gasteiger charge is -2.33. The molecule has 0 radical (unpaired) electrons. The predicted molar refractivity (Wildman–Crippen MR) is 136 cm³/mol. The number of benzene rings is 2. The molecule has 1 N–H and O–H groups in total. The van der Waals surface area contributed by atoms with E-state index in [0.717, 1.165) is 32.1 Å². The first-order valence-electron chi connectivity index (χ1n) is 13.2. The van der Waals surface area contributed by atoms with Gasteiger partial charge in [-0.2, -0.15) is 0 Å². The number of oxazole rings is 1. The van der Waals surface area contributed by atoms with E-state index < -0.39 is 5.76 Å². The zero-order chi connectivity index (χ0) is 24.8. The summed E-state index contributed by atoms with van der Waals surface area (Å²) in [4.78, 5) is 40.2. The summed E-state index contributed by atoms with van der Waals surface area (Å²) in [7, 11) is 0. The molecule has 2 heterocycles. The zero-order valence-electron chi connectivity index (χ0n) is 20.6. The molecule has 7 nitrogen and oxygen atoms in total. The van der Waals surface area contributed by atoms with Gasteiger partial charge in [-0.1, -0.05) is 55.3 Å². The number of carbonyl (C=O) groups excluding carboxylic acids is 2. The smallest absolute Gasteiger partial charge is 0.408 e. The van der Waals surface area contributed by atoms with Gasteiger partial charge >= 0.3 is 5.76 Å². The molecule has 2 aliphatic carbocycles. The fourth-order valence-corrected chi connectivity index (χ4v) is 6.66. The van der Waals surface area contributed by atoms with E-state index in [2.05, 4.69) is 29.6 Å². The van der Waals surface area contributed by atoms with Crippen LogP contribution in [0.3, 0.4) is 0 Å². The highest BCUT2D eigenvalue weighted by molar-refractivity contribution is 5.83. The maximum Gasteiger partial charge on any atom is 0.420 e. The molecule has 1 saturated heterocycles. The number of para-hydroxylation sites is 2. The predicted octanol–water partition coefficient (Wildman–Crippen LogP) is 3.85. The summed E-state index contributed by atoms with van der Waals surface area (Å²) in [6, 6.07) is 17.8. The molecule has 3 aromatic rings. The number of amides is 2. The van der Waals surface area contributed by atoms with Gasteiger partial charge in [0, 0.05) is 31.0 Å². The molecule has 0 bridgehead atoms. The molecule has 1 atom stereocenters. The minimum atomic E-state index is -0.507. The average molecular weight is 488 g/mol. The summed E-state index contributed by atoms with van der Waals surface area (Å²) in [5, 5.41) is 3.32. The van der Waals surface area contributed by atoms with Crippen molar-refractivity contribution in [1.82, 2.24) is 14.8 Å². The third-order valence-corrected chi connectivity index (χ3v) is 9.03. The van der Waals surface area contributed by atoms with E-state index in [1.54, 1.807) is 18.2 Å². The van der Waals surface area contributed by atoms with Crippen molar-refractivity contribution in [2.45, 2.75) is 56.9 Å². The Hall–Kier alpha value is -3.35. The van der Waals surface area contributed by atoms with Crippen LogP contribution < -0.4 is 11.1 Å². The lowest BCUT2D eigenvalue weighted by Crippen LogP contribution is -2.43. The molecular formula is C29H33N3O4. The van der Waals surface area contributed by atoms with Gasteiger partial charge in [0.15, 0.2) is 5.58 Å². The molecule has 1 aliphatic heterocycles. The first-order valence-corrected chi connectivity index (χ1v) is 13.2. The molecule has 1 spiro atoms. The monoisotopic (exact) mass is 487 g/mol. The highest BCUT2D eigenvalue weighted by Gasteiger charge is 2.58. The molecule has 2 aromatic carbocycles. The average Bonchev–Trinajstić information content (AvgIpc) is 3.23. The molecule has 2 saturated carbocycles. The van der Waals surface area contributed by atoms with E-state index in [1.807, 2.05) is 17.0 Å². The van der Waals surface area contributed by atoms with Gasteiger partial charge in [-0.3, -0.25) is 14.2 Å². The van der Waals surface area contributed by atoms with Gasteiger partial charge in [0.25, 0.3) is 0 Å². The number of rotatable bonds is 6. The lowest BCUT2D eigenvalue weighted by molar-refractivity contribution is -0.133. The molecule has 188 valence electrons. The second-order valence-electron chi connectivity index (χ2n) is 11.0. The number of hydrogen-bond donors (Lipinski definition) is 1. The van der Waals surface area contributed by atoms with Crippen molar-refractivity contribution in [3.63, 3.8) is 0 Å². The molecule has 3 fully saturated rings. The fourth-order valence-electron chi connectivity index (χ4n) is 6.66. The number of fused-ring (bicyclic) bond motifs is 1. The van der Waals surface area contributed by atoms with Gasteiger partial charge in [0.1, 0.15) is 6.54 Å². The number of aromatic nitrogens is 1. The number of hydrogen-bond acceptors (Lipinski definition) is 4. The summed E-state index contributed by atoms with van der Waals surface area (Å²) in [6.45, 7) is 1.94. The highest BCUT2D eigenvalue weighted by Crippen LogP contribution is 2.59. The first-order chi connectivity index (χ1) is 17.5. The van der Waals surface area contributed by atoms with Gasteiger partial charge < -0.3 is 14.6 Å². The Morgan fingerprint density at radius 1 is 0.944 bits per heavy atom. The summed E-state index contributed by atoms with van der Waals surface area (Å²) >= 11 is 0. The van der Waals surface area contributed by atoms with Crippen molar-refractivity contribution in [2.24, 2.45) is 11.3 Å². The Bertz CT molecular complexity index is 1330. The Balaban J connectivity index is 1.04. The fraction of sp³-hybridized carbons (Fsp3) is 0.483. The zero-order valence-corrected chi connectivity index (χ0v) is 20.6. The van der Waals surface area contributed by atoms with Crippen molar-refractivity contribution in [1.29, 1.82) is 0 Å². The van der Waals surface area contributed by atoms with Crippen molar-refractivity contribution in [3.8, 4) is 0 Å². The van der Waals surface area contributed by atoms with Crippen LogP contribution in [-0.2, 0) is 21.5 Å². The van der Waals surface area contributed by atoms with Crippen LogP contribution in [-0.4, -0.2) is 40.9 Å². The van der Waals surface area contributed by atoms with Gasteiger partial charge in [0.05, 0.1) is 5.52 Å². The van der Waals surface area contributed by atoms with Gasteiger partial charge in [-0.25, -0.2) is 4.79 Å². The van der Waals surface area contributed by atoms with Crippen LogP contribution in [0, 0.1) is 11.3 Å². The SMILES string of the molecule is O=C(NCC1(c2ccccc2)CCCC1)[C@@H]1CC12CCN(C(=O)Cn1c(=O)oc3ccccc31)CC2. The summed E-state index contributed by atoms with van der Waals surface area (Å²) in [6.07, 6.45) is 7.25. The van der Waals surface area contributed by atoms with Crippen molar-refractivity contribution in [3.05, 3.63) is 70.7 Å². The third kappa shape index (κ3) is 4.04. The summed E-state index contributed by atoms with van der Waals surface area (Å²) in [5.41, 5.74) is 2.55. The number of nitrogens with one attached hydrogen (secondary N) is 1. The quantitative estimate of drug-likeness (QED) is 0.572. The molecule has 2 amide bonds. The number of carbonyl (C=O) groups is 2. The van der Waals surface area contributed by atoms with E-state index in [-0.39, 0.29) is 35.1 Å². The van der Waals surface area contributed by atoms with E-state index >= 15 is 0 Å². The van der Waals surface area contributed by atoms with Crippen LogP contribution in [0.15, 0.2) is 63.8 Å². The van der Waals surface area contributed by atoms with Crippen LogP contribution in [0.2, 0.25) is 0 Å². The van der Waals surface area contributed by atoms with E-state index in [0.29, 0.717) is 30.7 Å². The second kappa shape index (κ2) is 8.95. The molecule has 0 unspecified atom stereocenters. The van der Waals surface area contributed by atoms with E-state index in [1.165, 1.54) is 23.0 Å². The number of likely N-dealkylation sites (tertiary alicyclic amines) is 1. The van der Waals surface area contributed by atoms with Crippen molar-refractivity contribution >= 4 is 22.9 Å². The minimum Gasteiger partial charge on any atom is -0.408 e. The molecule has 6 rings (SSSR count). The standard InChI is InChI=1S/C29H33N3O4/c33-25(19-32-23-10-4-5-11-24(23)36-27(32)35)31-16-14-28(15-17-31)18-22(28)26(34)30-20-29(12-6-7-13-29)21-8-2-1-3-9-21/h1-5,8-11,22H,6-7,12-20H2,(H,30,34)/t22-/m0/s1. The topological polar surface area (TPSA) is 84.5 Å². The number of nitrogens with zero attached hydrogens (tertiary/aromatic N) is 2. The van der Waals surface area contributed by atoms with Crippen LogP contribution in [0.4, 0.5) is 0 Å². The molecule has 7 heteroatoms. The van der Waals surface area contributed by atoms with Gasteiger partial charge in [-0.05, 0) is 55.2 Å². The second-order valence-corrected chi connectivity index (χ2v) is 11.0. The van der Waals surface area contributed by atoms with Crippen LogP contribution in [0.1, 0.15) is 50.5 Å². The Morgan fingerprint density at radius 3 is 2.39 bits per heavy atom. The van der Waals surface area contributed by atoms with Gasteiger partial charge in [-0.15, -0.1) is 0 Å². The molecule has 3 aliphatic rings. The van der Waals surface area contributed by atoms with E-state index in [4.69, 9.17) is 4.42 Å². The Labute approximate surface area is 210 Å². The van der Waals surface area contributed by atoms with Crippen LogP contribution in [0.5, 0.6) is 0 Å². The third-order valence-electron chi connectivity index (χ3n) is 9.03. The van der Waals surface area contributed by atoms with Crippen LogP contribution >= 0.6 is 0 Å². The maximum absolute atomic E-state index is 13.2. The van der Waals surface area contributed by atoms with E-state index in [9.17, 15) is 14.4 Å². The normalized spacial score (nSPS) is 22.1. The maximum atomic E-state index is 13.2. The Morgan fingerprint density at radius 2 is 1.64 bits per heavy atom. The number of piperidine rings is 1. The van der Waals surface area contributed by atoms with Crippen molar-refractivity contribution in [2.75, 3.05) is 19.6 Å². The molecule has 36 heavy (non-hydrogen) atoms. The highest BCUT2D eigenvalue weighted by atomic mass is 16.4. The van der Waals surface area contributed by atoms with Crippen molar-refractivity contribution < 1.29 is 14.0 Å². The van der Waals surface area contributed by atoms with Crippen LogP contribution in [0.25, 0.3) is 11.1 Å². The molecule has 1 aromatic heterocycles. The molecular weight excluding hydrogens is 454 g/mol. The largest absolute Gasteiger partial charge is 0.420 e. The Kier molecular flexibility index (Phi) is 5.73. The minimum absolute atomic E-state index is 0.0195. The first kappa shape index (κ1) is 23.1. The summed E-state index contributed by atoms with van der Waals surface area (Å²) in [5.74, 6) is -0.364. The van der Waals surface area contributed by atoms with Gasteiger partial charge in [0.2, 0.25) is 11.8 Å². The lowest BCUT2D eigenvalue weighted by atomic mass is 9.78.